The predicted molar refractivity (Wildman–Crippen MR) is 69.9 cm³/mol. The van der Waals surface area contributed by atoms with Crippen molar-refractivity contribution in [3.8, 4) is 0 Å². The van der Waals surface area contributed by atoms with Crippen molar-refractivity contribution in [2.24, 2.45) is 5.73 Å². The SMILES string of the molecule is NC(=O)CNc1ccc(S(=O)(=O)N2CCCC2)cn1. The van der Waals surface area contributed by atoms with Crippen molar-refractivity contribution >= 4 is 21.7 Å². The third-order valence-corrected chi connectivity index (χ3v) is 4.77. The summed E-state index contributed by atoms with van der Waals surface area (Å²) in [6, 6.07) is 3.00. The van der Waals surface area contributed by atoms with Crippen LogP contribution >= 0.6 is 0 Å². The number of rotatable bonds is 5. The topological polar surface area (TPSA) is 105 Å². The van der Waals surface area contributed by atoms with E-state index < -0.39 is 15.9 Å². The Kier molecular flexibility index (Phi) is 4.01. The van der Waals surface area contributed by atoms with Crippen molar-refractivity contribution in [2.75, 3.05) is 25.0 Å². The number of hydrogen-bond acceptors (Lipinski definition) is 5. The molecular weight excluding hydrogens is 268 g/mol. The summed E-state index contributed by atoms with van der Waals surface area (Å²) in [7, 11) is -3.44. The van der Waals surface area contributed by atoms with Crippen LogP contribution in [0.25, 0.3) is 0 Å². The predicted octanol–water partition coefficient (Wildman–Crippen LogP) is -0.237. The second-order valence-corrected chi connectivity index (χ2v) is 6.25. The zero-order valence-corrected chi connectivity index (χ0v) is 11.2. The summed E-state index contributed by atoms with van der Waals surface area (Å²) in [5.74, 6) is -0.0882. The molecule has 2 rings (SSSR count). The lowest BCUT2D eigenvalue weighted by molar-refractivity contribution is -0.116. The van der Waals surface area contributed by atoms with Gasteiger partial charge in [-0.15, -0.1) is 0 Å². The number of nitrogens with one attached hydrogen (secondary N) is 1. The summed E-state index contributed by atoms with van der Waals surface area (Å²) in [5.41, 5.74) is 4.99. The van der Waals surface area contributed by atoms with Crippen molar-refractivity contribution < 1.29 is 13.2 Å². The van der Waals surface area contributed by atoms with Gasteiger partial charge in [0.2, 0.25) is 15.9 Å². The van der Waals surface area contributed by atoms with E-state index in [4.69, 9.17) is 5.73 Å². The van der Waals surface area contributed by atoms with Crippen molar-refractivity contribution in [1.82, 2.24) is 9.29 Å². The zero-order valence-electron chi connectivity index (χ0n) is 10.4. The van der Waals surface area contributed by atoms with Gasteiger partial charge in [-0.1, -0.05) is 0 Å². The molecule has 0 unspecified atom stereocenters. The maximum absolute atomic E-state index is 12.2. The highest BCUT2D eigenvalue weighted by Gasteiger charge is 2.27. The minimum atomic E-state index is -3.44. The highest BCUT2D eigenvalue weighted by molar-refractivity contribution is 7.89. The number of amides is 1. The number of primary amides is 1. The minimum Gasteiger partial charge on any atom is -0.368 e. The van der Waals surface area contributed by atoms with E-state index in [1.165, 1.54) is 22.6 Å². The van der Waals surface area contributed by atoms with Crippen molar-refractivity contribution in [2.45, 2.75) is 17.7 Å². The summed E-state index contributed by atoms with van der Waals surface area (Å²) in [6.07, 6.45) is 3.08. The third-order valence-electron chi connectivity index (χ3n) is 2.88. The van der Waals surface area contributed by atoms with Gasteiger partial charge < -0.3 is 11.1 Å². The number of pyridine rings is 1. The quantitative estimate of drug-likeness (QED) is 0.776. The molecule has 1 aliphatic heterocycles. The highest BCUT2D eigenvalue weighted by Crippen LogP contribution is 2.20. The lowest BCUT2D eigenvalue weighted by atomic mass is 10.4. The fourth-order valence-corrected chi connectivity index (χ4v) is 3.36. The number of nitrogens with zero attached hydrogens (tertiary/aromatic N) is 2. The van der Waals surface area contributed by atoms with Gasteiger partial charge >= 0.3 is 0 Å². The van der Waals surface area contributed by atoms with E-state index in [1.807, 2.05) is 0 Å². The lowest BCUT2D eigenvalue weighted by Crippen LogP contribution is -2.28. The van der Waals surface area contributed by atoms with Gasteiger partial charge in [0.15, 0.2) is 0 Å². The largest absolute Gasteiger partial charge is 0.368 e. The normalized spacial score (nSPS) is 16.4. The number of carbonyl (C=O) groups is 1. The minimum absolute atomic E-state index is 0.0365. The second-order valence-electron chi connectivity index (χ2n) is 4.31. The Labute approximate surface area is 111 Å². The van der Waals surface area contributed by atoms with Gasteiger partial charge in [-0.25, -0.2) is 13.4 Å². The van der Waals surface area contributed by atoms with Gasteiger partial charge in [-0.2, -0.15) is 4.31 Å². The third kappa shape index (κ3) is 3.21. The Balaban J connectivity index is 2.11. The van der Waals surface area contributed by atoms with Crippen LogP contribution in [0, 0.1) is 0 Å². The molecule has 8 heteroatoms. The molecule has 2 heterocycles. The Morgan fingerprint density at radius 1 is 1.37 bits per heavy atom. The number of hydrogen-bond donors (Lipinski definition) is 2. The monoisotopic (exact) mass is 284 g/mol. The Morgan fingerprint density at radius 3 is 2.58 bits per heavy atom. The lowest BCUT2D eigenvalue weighted by Gasteiger charge is -2.15. The van der Waals surface area contributed by atoms with E-state index in [2.05, 4.69) is 10.3 Å². The van der Waals surface area contributed by atoms with Crippen LogP contribution in [0.5, 0.6) is 0 Å². The smallest absolute Gasteiger partial charge is 0.244 e. The molecule has 0 radical (unpaired) electrons. The number of aromatic nitrogens is 1. The van der Waals surface area contributed by atoms with E-state index in [0.29, 0.717) is 18.9 Å². The van der Waals surface area contributed by atoms with Crippen LogP contribution in [0.15, 0.2) is 23.2 Å². The maximum Gasteiger partial charge on any atom is 0.244 e. The summed E-state index contributed by atoms with van der Waals surface area (Å²) in [4.78, 5) is 14.7. The van der Waals surface area contributed by atoms with Crippen LogP contribution in [-0.4, -0.2) is 43.2 Å². The molecule has 1 aromatic rings. The molecule has 1 aliphatic rings. The van der Waals surface area contributed by atoms with Crippen LogP contribution in [0.2, 0.25) is 0 Å². The van der Waals surface area contributed by atoms with Gasteiger partial charge in [0, 0.05) is 19.3 Å². The first kappa shape index (κ1) is 13.8. The van der Waals surface area contributed by atoms with E-state index in [9.17, 15) is 13.2 Å². The summed E-state index contributed by atoms with van der Waals surface area (Å²) < 4.78 is 25.9. The average Bonchev–Trinajstić information content (AvgIpc) is 2.91. The Morgan fingerprint density at radius 2 is 2.05 bits per heavy atom. The summed E-state index contributed by atoms with van der Waals surface area (Å²) in [6.45, 7) is 1.08. The number of nitrogens with two attached hydrogens (primary N) is 1. The van der Waals surface area contributed by atoms with E-state index in [1.54, 1.807) is 0 Å². The summed E-state index contributed by atoms with van der Waals surface area (Å²) in [5, 5.41) is 2.70. The van der Waals surface area contributed by atoms with Crippen LogP contribution in [0.3, 0.4) is 0 Å². The first-order valence-electron chi connectivity index (χ1n) is 5.98. The molecule has 0 saturated carbocycles. The fraction of sp³-hybridized carbons (Fsp3) is 0.455. The molecule has 7 nitrogen and oxygen atoms in total. The maximum atomic E-state index is 12.2. The first-order valence-corrected chi connectivity index (χ1v) is 7.42. The van der Waals surface area contributed by atoms with Gasteiger partial charge in [0.05, 0.1) is 6.54 Å². The standard InChI is InChI=1S/C11H16N4O3S/c12-10(16)8-14-11-4-3-9(7-13-11)19(17,18)15-5-1-2-6-15/h3-4,7H,1-2,5-6,8H2,(H2,12,16)(H,13,14). The number of sulfonamides is 1. The summed E-state index contributed by atoms with van der Waals surface area (Å²) >= 11 is 0. The molecule has 0 aromatic carbocycles. The molecule has 19 heavy (non-hydrogen) atoms. The van der Waals surface area contributed by atoms with Crippen LogP contribution in [0.1, 0.15) is 12.8 Å². The second kappa shape index (κ2) is 5.54. The number of carbonyl (C=O) groups excluding carboxylic acids is 1. The molecule has 0 atom stereocenters. The van der Waals surface area contributed by atoms with Crippen molar-refractivity contribution in [1.29, 1.82) is 0 Å². The molecule has 1 saturated heterocycles. The zero-order chi connectivity index (χ0) is 13.9. The Bertz CT molecular complexity index is 550. The molecule has 0 aliphatic carbocycles. The van der Waals surface area contributed by atoms with Crippen LogP contribution < -0.4 is 11.1 Å². The van der Waals surface area contributed by atoms with Crippen LogP contribution in [0.4, 0.5) is 5.82 Å². The molecule has 1 aromatic heterocycles. The van der Waals surface area contributed by atoms with Gasteiger partial charge in [-0.05, 0) is 25.0 Å². The molecular formula is C11H16N4O3S. The molecule has 0 bridgehead atoms. The van der Waals surface area contributed by atoms with E-state index in [0.717, 1.165) is 12.8 Å². The fourth-order valence-electron chi connectivity index (χ4n) is 1.89. The van der Waals surface area contributed by atoms with Crippen molar-refractivity contribution in [3.05, 3.63) is 18.3 Å². The van der Waals surface area contributed by atoms with E-state index >= 15 is 0 Å². The van der Waals surface area contributed by atoms with Gasteiger partial charge in [-0.3, -0.25) is 4.79 Å². The molecule has 1 fully saturated rings. The first-order chi connectivity index (χ1) is 9.00. The highest BCUT2D eigenvalue weighted by atomic mass is 32.2. The van der Waals surface area contributed by atoms with Crippen LogP contribution in [-0.2, 0) is 14.8 Å². The average molecular weight is 284 g/mol. The number of anilines is 1. The van der Waals surface area contributed by atoms with Crippen molar-refractivity contribution in [3.63, 3.8) is 0 Å². The molecule has 3 N–H and O–H groups in total. The molecule has 1 amide bonds. The molecule has 104 valence electrons. The van der Waals surface area contributed by atoms with Gasteiger partial charge in [0.25, 0.3) is 0 Å². The van der Waals surface area contributed by atoms with Gasteiger partial charge in [0.1, 0.15) is 10.7 Å². The van der Waals surface area contributed by atoms with E-state index in [-0.39, 0.29) is 11.4 Å². The molecule has 0 spiro atoms. The Hall–Kier alpha value is -1.67.